The first-order valence-electron chi connectivity index (χ1n) is 11.1. The van der Waals surface area contributed by atoms with Crippen molar-refractivity contribution in [1.29, 1.82) is 0 Å². The van der Waals surface area contributed by atoms with Gasteiger partial charge >= 0.3 is 0 Å². The average Bonchev–Trinajstić information content (AvgIpc) is 3.43. The SMILES string of the molecule is COc1ccc(-c2nc(CN3CCN(C(=O)CCC(=O)c4cc(C)sc4C)CC3)cs2)cc1. The van der Waals surface area contributed by atoms with Crippen LogP contribution in [0, 0.1) is 13.8 Å². The van der Waals surface area contributed by atoms with Gasteiger partial charge in [0.25, 0.3) is 0 Å². The van der Waals surface area contributed by atoms with Gasteiger partial charge in [-0.1, -0.05) is 0 Å². The summed E-state index contributed by atoms with van der Waals surface area (Å²) in [4.78, 5) is 36.3. The van der Waals surface area contributed by atoms with Crippen molar-refractivity contribution in [3.8, 4) is 16.3 Å². The molecule has 0 unspecified atom stereocenters. The van der Waals surface area contributed by atoms with Gasteiger partial charge in [0.15, 0.2) is 5.78 Å². The maximum atomic E-state index is 12.6. The summed E-state index contributed by atoms with van der Waals surface area (Å²) in [7, 11) is 1.66. The Hall–Kier alpha value is -2.55. The van der Waals surface area contributed by atoms with Crippen LogP contribution in [-0.4, -0.2) is 59.8 Å². The minimum absolute atomic E-state index is 0.0695. The van der Waals surface area contributed by atoms with Gasteiger partial charge < -0.3 is 9.64 Å². The number of Topliss-reactive ketones (excluding diaryl/α,β-unsaturated/α-hetero) is 1. The second-order valence-electron chi connectivity index (χ2n) is 8.28. The number of hydrogen-bond donors (Lipinski definition) is 0. The van der Waals surface area contributed by atoms with Crippen molar-refractivity contribution in [2.45, 2.75) is 33.2 Å². The number of ketones is 1. The lowest BCUT2D eigenvalue weighted by Crippen LogP contribution is -2.48. The van der Waals surface area contributed by atoms with E-state index in [4.69, 9.17) is 9.72 Å². The smallest absolute Gasteiger partial charge is 0.223 e. The van der Waals surface area contributed by atoms with E-state index in [1.807, 2.05) is 49.1 Å². The molecule has 1 aromatic carbocycles. The van der Waals surface area contributed by atoms with Crippen LogP contribution in [-0.2, 0) is 11.3 Å². The minimum atomic E-state index is 0.0695. The molecule has 4 rings (SSSR count). The van der Waals surface area contributed by atoms with Crippen LogP contribution in [0.4, 0.5) is 0 Å². The number of hydrogen-bond acceptors (Lipinski definition) is 7. The topological polar surface area (TPSA) is 62.7 Å². The Balaban J connectivity index is 1.23. The highest BCUT2D eigenvalue weighted by molar-refractivity contribution is 7.13. The van der Waals surface area contributed by atoms with E-state index in [0.29, 0.717) is 13.1 Å². The number of carbonyl (C=O) groups is 2. The van der Waals surface area contributed by atoms with Crippen LogP contribution in [0.5, 0.6) is 5.75 Å². The molecule has 1 saturated heterocycles. The summed E-state index contributed by atoms with van der Waals surface area (Å²) in [5.74, 6) is 0.979. The summed E-state index contributed by atoms with van der Waals surface area (Å²) in [5, 5.41) is 3.11. The molecule has 8 heteroatoms. The van der Waals surface area contributed by atoms with Gasteiger partial charge in [0, 0.05) is 71.8 Å². The van der Waals surface area contributed by atoms with Gasteiger partial charge in [0.1, 0.15) is 10.8 Å². The fourth-order valence-electron chi connectivity index (χ4n) is 4.05. The van der Waals surface area contributed by atoms with Crippen LogP contribution in [0.25, 0.3) is 10.6 Å². The largest absolute Gasteiger partial charge is 0.497 e. The van der Waals surface area contributed by atoms with Crippen LogP contribution in [0.1, 0.15) is 38.6 Å². The normalized spacial score (nSPS) is 14.5. The molecule has 0 radical (unpaired) electrons. The summed E-state index contributed by atoms with van der Waals surface area (Å²) >= 11 is 3.28. The summed E-state index contributed by atoms with van der Waals surface area (Å²) in [6.45, 7) is 7.77. The fraction of sp³-hybridized carbons (Fsp3) is 0.400. The number of ether oxygens (including phenoxy) is 1. The van der Waals surface area contributed by atoms with E-state index >= 15 is 0 Å². The standard InChI is InChI=1S/C25H29N3O3S2/c1-17-14-22(18(2)33-17)23(29)8-9-24(30)28-12-10-27(11-13-28)15-20-16-32-25(26-20)19-4-6-21(31-3)7-5-19/h4-7,14,16H,8-13,15H2,1-3H3. The fourth-order valence-corrected chi connectivity index (χ4v) is 5.81. The molecule has 0 atom stereocenters. The minimum Gasteiger partial charge on any atom is -0.497 e. The molecule has 33 heavy (non-hydrogen) atoms. The number of thiazole rings is 1. The van der Waals surface area contributed by atoms with Gasteiger partial charge in [-0.2, -0.15) is 0 Å². The second kappa shape index (κ2) is 10.6. The number of aryl methyl sites for hydroxylation is 2. The molecule has 0 N–H and O–H groups in total. The molecule has 0 saturated carbocycles. The van der Waals surface area contributed by atoms with E-state index in [2.05, 4.69) is 10.3 Å². The Morgan fingerprint density at radius 2 is 1.79 bits per heavy atom. The van der Waals surface area contributed by atoms with Crippen LogP contribution in [0.3, 0.4) is 0 Å². The molecule has 3 heterocycles. The van der Waals surface area contributed by atoms with Gasteiger partial charge in [0.2, 0.25) is 5.91 Å². The van der Waals surface area contributed by atoms with Gasteiger partial charge in [-0.15, -0.1) is 22.7 Å². The number of thiophene rings is 1. The number of methoxy groups -OCH3 is 1. The van der Waals surface area contributed by atoms with Gasteiger partial charge in [0.05, 0.1) is 12.8 Å². The first-order chi connectivity index (χ1) is 15.9. The Labute approximate surface area is 202 Å². The van der Waals surface area contributed by atoms with Crippen LogP contribution >= 0.6 is 22.7 Å². The molecule has 3 aromatic rings. The molecular weight excluding hydrogens is 454 g/mol. The average molecular weight is 484 g/mol. The molecule has 1 aliphatic heterocycles. The Morgan fingerprint density at radius 3 is 2.42 bits per heavy atom. The van der Waals surface area contributed by atoms with Crippen molar-refractivity contribution in [2.24, 2.45) is 0 Å². The van der Waals surface area contributed by atoms with E-state index in [1.165, 1.54) is 0 Å². The monoisotopic (exact) mass is 483 g/mol. The number of rotatable bonds is 8. The lowest BCUT2D eigenvalue weighted by atomic mass is 10.1. The summed E-state index contributed by atoms with van der Waals surface area (Å²) in [5.41, 5.74) is 2.91. The summed E-state index contributed by atoms with van der Waals surface area (Å²) in [6.07, 6.45) is 0.563. The highest BCUT2D eigenvalue weighted by Crippen LogP contribution is 2.26. The molecule has 6 nitrogen and oxygen atoms in total. The molecule has 0 spiro atoms. The quantitative estimate of drug-likeness (QED) is 0.431. The second-order valence-corrected chi connectivity index (χ2v) is 10.6. The van der Waals surface area contributed by atoms with Crippen molar-refractivity contribution < 1.29 is 14.3 Å². The molecule has 0 bridgehead atoms. The molecule has 2 aromatic heterocycles. The Morgan fingerprint density at radius 1 is 1.06 bits per heavy atom. The third kappa shape index (κ3) is 5.88. The van der Waals surface area contributed by atoms with E-state index < -0.39 is 0 Å². The van der Waals surface area contributed by atoms with Crippen LogP contribution in [0.15, 0.2) is 35.7 Å². The van der Waals surface area contributed by atoms with Crippen molar-refractivity contribution in [1.82, 2.24) is 14.8 Å². The predicted octanol–water partition coefficient (Wildman–Crippen LogP) is 4.80. The predicted molar refractivity (Wildman–Crippen MR) is 133 cm³/mol. The maximum Gasteiger partial charge on any atom is 0.223 e. The van der Waals surface area contributed by atoms with Crippen molar-refractivity contribution in [3.63, 3.8) is 0 Å². The molecule has 1 fully saturated rings. The van der Waals surface area contributed by atoms with Crippen molar-refractivity contribution >= 4 is 34.4 Å². The van der Waals surface area contributed by atoms with Crippen LogP contribution < -0.4 is 4.74 Å². The van der Waals surface area contributed by atoms with E-state index in [-0.39, 0.29) is 24.5 Å². The first kappa shape index (κ1) is 23.6. The zero-order valence-electron chi connectivity index (χ0n) is 19.3. The van der Waals surface area contributed by atoms with Crippen LogP contribution in [0.2, 0.25) is 0 Å². The zero-order chi connectivity index (χ0) is 23.4. The summed E-state index contributed by atoms with van der Waals surface area (Å²) in [6, 6.07) is 9.88. The van der Waals surface area contributed by atoms with Crippen molar-refractivity contribution in [2.75, 3.05) is 33.3 Å². The zero-order valence-corrected chi connectivity index (χ0v) is 20.9. The molecule has 1 amide bonds. The van der Waals surface area contributed by atoms with Crippen molar-refractivity contribution in [3.05, 3.63) is 56.7 Å². The van der Waals surface area contributed by atoms with Gasteiger partial charge in [-0.05, 0) is 44.2 Å². The Kier molecular flexibility index (Phi) is 7.57. The molecule has 174 valence electrons. The number of nitrogens with zero attached hydrogens (tertiary/aromatic N) is 3. The third-order valence-electron chi connectivity index (χ3n) is 5.91. The van der Waals surface area contributed by atoms with E-state index in [9.17, 15) is 9.59 Å². The number of carbonyl (C=O) groups excluding carboxylic acids is 2. The molecule has 0 aliphatic carbocycles. The lowest BCUT2D eigenvalue weighted by Gasteiger charge is -2.34. The third-order valence-corrected chi connectivity index (χ3v) is 7.81. The number of benzene rings is 1. The maximum absolute atomic E-state index is 12.6. The van der Waals surface area contributed by atoms with Gasteiger partial charge in [-0.3, -0.25) is 14.5 Å². The lowest BCUT2D eigenvalue weighted by molar-refractivity contribution is -0.133. The number of piperazine rings is 1. The first-order valence-corrected chi connectivity index (χ1v) is 12.8. The highest BCUT2D eigenvalue weighted by Gasteiger charge is 2.23. The van der Waals surface area contributed by atoms with E-state index in [1.54, 1.807) is 29.8 Å². The van der Waals surface area contributed by atoms with Gasteiger partial charge in [-0.25, -0.2) is 4.98 Å². The number of aromatic nitrogens is 1. The summed E-state index contributed by atoms with van der Waals surface area (Å²) < 4.78 is 5.22. The molecular formula is C25H29N3O3S2. The Bertz CT molecular complexity index is 1110. The highest BCUT2D eigenvalue weighted by atomic mass is 32.1. The number of amides is 1. The van der Waals surface area contributed by atoms with E-state index in [0.717, 1.165) is 57.0 Å². The molecule has 1 aliphatic rings.